The molecule has 0 bridgehead atoms. The Morgan fingerprint density at radius 3 is 2.67 bits per heavy atom. The van der Waals surface area contributed by atoms with Gasteiger partial charge in [0.1, 0.15) is 0 Å². The Kier molecular flexibility index (Phi) is 7.71. The molecule has 1 rings (SSSR count). The van der Waals surface area contributed by atoms with Crippen LogP contribution >= 0.6 is 23.8 Å². The lowest BCUT2D eigenvalue weighted by Gasteiger charge is -2.10. The fourth-order valence-electron chi connectivity index (χ4n) is 1.41. The van der Waals surface area contributed by atoms with Gasteiger partial charge in [0.05, 0.1) is 23.7 Å². The van der Waals surface area contributed by atoms with Crippen LogP contribution in [0.3, 0.4) is 0 Å². The van der Waals surface area contributed by atoms with Gasteiger partial charge in [0.2, 0.25) is 5.91 Å². The van der Waals surface area contributed by atoms with Gasteiger partial charge in [-0.2, -0.15) is 0 Å². The van der Waals surface area contributed by atoms with E-state index in [9.17, 15) is 9.59 Å². The smallest absolute Gasteiger partial charge is 0.306 e. The molecule has 1 amide bonds. The molecule has 0 saturated heterocycles. The lowest BCUT2D eigenvalue weighted by molar-refractivity contribution is -0.144. The average Bonchev–Trinajstić information content (AvgIpc) is 2.45. The number of anilines is 1. The molecule has 1 aromatic rings. The fourth-order valence-corrected chi connectivity index (χ4v) is 1.82. The van der Waals surface area contributed by atoms with Crippen LogP contribution in [0.4, 0.5) is 5.69 Å². The normalized spacial score (nSPS) is 9.81. The number of hydrogen-bond acceptors (Lipinski definition) is 4. The number of carbonyl (C=O) groups is 2. The van der Waals surface area contributed by atoms with Crippen molar-refractivity contribution in [2.45, 2.75) is 26.2 Å². The van der Waals surface area contributed by atoms with Crippen molar-refractivity contribution in [1.29, 1.82) is 0 Å². The largest absolute Gasteiger partial charge is 0.466 e. The van der Waals surface area contributed by atoms with Crippen LogP contribution in [0.2, 0.25) is 5.02 Å². The third-order valence-electron chi connectivity index (χ3n) is 2.40. The molecule has 0 atom stereocenters. The van der Waals surface area contributed by atoms with Crippen LogP contribution < -0.4 is 10.6 Å². The van der Waals surface area contributed by atoms with Crippen molar-refractivity contribution < 1.29 is 14.3 Å². The number of rotatable bonds is 6. The van der Waals surface area contributed by atoms with E-state index in [1.807, 2.05) is 6.92 Å². The highest BCUT2D eigenvalue weighted by Gasteiger charge is 2.10. The summed E-state index contributed by atoms with van der Waals surface area (Å²) in [5.74, 6) is -0.745. The van der Waals surface area contributed by atoms with Crippen molar-refractivity contribution in [3.63, 3.8) is 0 Å². The van der Waals surface area contributed by atoms with Crippen LogP contribution in [0, 0.1) is 0 Å². The van der Waals surface area contributed by atoms with Gasteiger partial charge in [-0.1, -0.05) is 30.7 Å². The van der Waals surface area contributed by atoms with Crippen LogP contribution in [0.1, 0.15) is 26.2 Å². The van der Waals surface area contributed by atoms with Crippen molar-refractivity contribution in [2.75, 3.05) is 11.9 Å². The van der Waals surface area contributed by atoms with Crippen molar-refractivity contribution in [2.24, 2.45) is 0 Å². The van der Waals surface area contributed by atoms with Gasteiger partial charge in [-0.15, -0.1) is 0 Å². The van der Waals surface area contributed by atoms with Gasteiger partial charge >= 0.3 is 5.97 Å². The van der Waals surface area contributed by atoms with Crippen LogP contribution in [0.25, 0.3) is 0 Å². The number of para-hydroxylation sites is 1. The molecule has 0 fully saturated rings. The second kappa shape index (κ2) is 9.31. The fraction of sp³-hybridized carbons (Fsp3) is 0.357. The molecule has 5 nitrogen and oxygen atoms in total. The molecule has 0 aromatic heterocycles. The maximum absolute atomic E-state index is 11.6. The van der Waals surface area contributed by atoms with E-state index in [1.54, 1.807) is 24.3 Å². The second-order valence-corrected chi connectivity index (χ2v) is 5.02. The monoisotopic (exact) mass is 328 g/mol. The molecule has 0 saturated carbocycles. The van der Waals surface area contributed by atoms with Crippen molar-refractivity contribution in [3.05, 3.63) is 29.3 Å². The van der Waals surface area contributed by atoms with Crippen LogP contribution in [-0.2, 0) is 14.3 Å². The first-order chi connectivity index (χ1) is 10.0. The SMILES string of the molecule is CCCOC(=O)CCC(=O)NC(=S)Nc1ccccc1Cl. The number of halogens is 1. The Labute approximate surface area is 134 Å². The maximum atomic E-state index is 11.6. The van der Waals surface area contributed by atoms with E-state index in [2.05, 4.69) is 10.6 Å². The summed E-state index contributed by atoms with van der Waals surface area (Å²) in [5, 5.41) is 5.93. The first-order valence-electron chi connectivity index (χ1n) is 6.54. The Morgan fingerprint density at radius 2 is 2.00 bits per heavy atom. The third-order valence-corrected chi connectivity index (χ3v) is 2.93. The highest BCUT2D eigenvalue weighted by atomic mass is 35.5. The molecule has 114 valence electrons. The van der Waals surface area contributed by atoms with E-state index in [0.29, 0.717) is 17.3 Å². The lowest BCUT2D eigenvalue weighted by Crippen LogP contribution is -2.34. The molecule has 0 spiro atoms. The molecule has 0 radical (unpaired) electrons. The molecule has 0 aliphatic heterocycles. The summed E-state index contributed by atoms with van der Waals surface area (Å²) in [6.07, 6.45) is 0.803. The molecule has 0 heterocycles. The Morgan fingerprint density at radius 1 is 1.29 bits per heavy atom. The van der Waals surface area contributed by atoms with Crippen LogP contribution in [-0.4, -0.2) is 23.6 Å². The van der Waals surface area contributed by atoms with E-state index >= 15 is 0 Å². The van der Waals surface area contributed by atoms with Gasteiger partial charge in [0.15, 0.2) is 5.11 Å². The predicted molar refractivity (Wildman–Crippen MR) is 86.3 cm³/mol. The molecule has 0 aliphatic rings. The van der Waals surface area contributed by atoms with E-state index in [4.69, 9.17) is 28.6 Å². The van der Waals surface area contributed by atoms with Gasteiger partial charge in [-0.3, -0.25) is 9.59 Å². The molecular formula is C14H17ClN2O3S. The zero-order valence-corrected chi connectivity index (χ0v) is 13.2. The first kappa shape index (κ1) is 17.4. The van der Waals surface area contributed by atoms with Crippen LogP contribution in [0.15, 0.2) is 24.3 Å². The van der Waals surface area contributed by atoms with Gasteiger partial charge in [0, 0.05) is 6.42 Å². The number of benzene rings is 1. The number of ether oxygens (including phenoxy) is 1. The summed E-state index contributed by atoms with van der Waals surface area (Å²) in [5.41, 5.74) is 0.604. The first-order valence-corrected chi connectivity index (χ1v) is 7.32. The molecule has 2 N–H and O–H groups in total. The Bertz CT molecular complexity index is 523. The van der Waals surface area contributed by atoms with Crippen molar-refractivity contribution in [1.82, 2.24) is 5.32 Å². The summed E-state index contributed by atoms with van der Waals surface area (Å²) in [7, 11) is 0. The lowest BCUT2D eigenvalue weighted by atomic mass is 10.3. The predicted octanol–water partition coefficient (Wildman–Crippen LogP) is 2.89. The summed E-state index contributed by atoms with van der Waals surface area (Å²) < 4.78 is 4.87. The van der Waals surface area contributed by atoms with Crippen molar-refractivity contribution >= 4 is 46.5 Å². The molecular weight excluding hydrogens is 312 g/mol. The molecule has 0 aliphatic carbocycles. The summed E-state index contributed by atoms with van der Waals surface area (Å²) in [6, 6.07) is 7.03. The zero-order chi connectivity index (χ0) is 15.7. The van der Waals surface area contributed by atoms with Crippen molar-refractivity contribution in [3.8, 4) is 0 Å². The highest BCUT2D eigenvalue weighted by molar-refractivity contribution is 7.80. The molecule has 7 heteroatoms. The van der Waals surface area contributed by atoms with Gasteiger partial charge in [-0.05, 0) is 30.8 Å². The second-order valence-electron chi connectivity index (χ2n) is 4.20. The number of esters is 1. The van der Waals surface area contributed by atoms with Gasteiger partial charge in [0.25, 0.3) is 0 Å². The van der Waals surface area contributed by atoms with E-state index in [1.165, 1.54) is 0 Å². The standard InChI is InChI=1S/C14H17ClN2O3S/c1-2-9-20-13(19)8-7-12(18)17-14(21)16-11-6-4-3-5-10(11)15/h3-6H,2,7-9H2,1H3,(H2,16,17,18,21). The van der Waals surface area contributed by atoms with E-state index in [-0.39, 0.29) is 23.9 Å². The topological polar surface area (TPSA) is 67.4 Å². The Balaban J connectivity index is 2.33. The number of thiocarbonyl (C=S) groups is 1. The minimum atomic E-state index is -0.392. The molecule has 21 heavy (non-hydrogen) atoms. The minimum Gasteiger partial charge on any atom is -0.466 e. The number of nitrogens with one attached hydrogen (secondary N) is 2. The summed E-state index contributed by atoms with van der Waals surface area (Å²) in [6.45, 7) is 2.27. The summed E-state index contributed by atoms with van der Waals surface area (Å²) in [4.78, 5) is 22.9. The molecule has 1 aromatic carbocycles. The number of amides is 1. The average molecular weight is 329 g/mol. The summed E-state index contributed by atoms with van der Waals surface area (Å²) >= 11 is 11.0. The number of hydrogen-bond donors (Lipinski definition) is 2. The third kappa shape index (κ3) is 7.06. The number of carbonyl (C=O) groups excluding carboxylic acids is 2. The zero-order valence-electron chi connectivity index (χ0n) is 11.6. The Hall–Kier alpha value is -1.66. The quantitative estimate of drug-likeness (QED) is 0.621. The highest BCUT2D eigenvalue weighted by Crippen LogP contribution is 2.20. The molecule has 0 unspecified atom stereocenters. The van der Waals surface area contributed by atoms with E-state index in [0.717, 1.165) is 6.42 Å². The van der Waals surface area contributed by atoms with Gasteiger partial charge in [-0.25, -0.2) is 0 Å². The van der Waals surface area contributed by atoms with E-state index < -0.39 is 5.97 Å². The minimum absolute atomic E-state index is 0.0207. The van der Waals surface area contributed by atoms with Gasteiger partial charge < -0.3 is 15.4 Å². The van der Waals surface area contributed by atoms with Crippen LogP contribution in [0.5, 0.6) is 0 Å². The maximum Gasteiger partial charge on any atom is 0.306 e.